The molecule has 2 heterocycles. The van der Waals surface area contributed by atoms with Crippen LogP contribution in [0.2, 0.25) is 5.02 Å². The van der Waals surface area contributed by atoms with Gasteiger partial charge in [-0.05, 0) is 42.3 Å². The van der Waals surface area contributed by atoms with Crippen LogP contribution in [0.4, 0.5) is 5.69 Å². The third-order valence-corrected chi connectivity index (χ3v) is 5.83. The van der Waals surface area contributed by atoms with E-state index >= 15 is 0 Å². The summed E-state index contributed by atoms with van der Waals surface area (Å²) in [4.78, 5) is 16.7. The van der Waals surface area contributed by atoms with E-state index in [1.807, 2.05) is 47.9 Å². The molecule has 0 saturated heterocycles. The number of aryl methyl sites for hydroxylation is 1. The largest absolute Gasteiger partial charge is 0.325 e. The minimum absolute atomic E-state index is 0.132. The molecule has 0 radical (unpaired) electrons. The molecule has 0 spiro atoms. The van der Waals surface area contributed by atoms with Gasteiger partial charge in [-0.25, -0.2) is 0 Å². The number of pyridine rings is 1. The van der Waals surface area contributed by atoms with Crippen molar-refractivity contribution in [2.75, 3.05) is 11.1 Å². The molecule has 0 bridgehead atoms. The van der Waals surface area contributed by atoms with E-state index in [0.717, 1.165) is 16.7 Å². The van der Waals surface area contributed by atoms with Gasteiger partial charge in [0.15, 0.2) is 11.0 Å². The van der Waals surface area contributed by atoms with Gasteiger partial charge in [0, 0.05) is 28.7 Å². The van der Waals surface area contributed by atoms with E-state index < -0.39 is 0 Å². The number of benzene rings is 2. The quantitative estimate of drug-likeness (QED) is 0.398. The highest BCUT2D eigenvalue weighted by molar-refractivity contribution is 7.99. The number of hydrogen-bond acceptors (Lipinski definition) is 5. The number of nitrogens with zero attached hydrogens (tertiary/aromatic N) is 4. The first-order chi connectivity index (χ1) is 15.1. The van der Waals surface area contributed by atoms with Crippen molar-refractivity contribution in [2.24, 2.45) is 0 Å². The molecular formula is C23H20ClN5OS. The molecule has 156 valence electrons. The summed E-state index contributed by atoms with van der Waals surface area (Å²) in [5, 5.41) is 12.9. The molecule has 1 amide bonds. The summed E-state index contributed by atoms with van der Waals surface area (Å²) in [6.07, 6.45) is 3.48. The highest BCUT2D eigenvalue weighted by atomic mass is 35.5. The van der Waals surface area contributed by atoms with Gasteiger partial charge < -0.3 is 5.32 Å². The van der Waals surface area contributed by atoms with Gasteiger partial charge in [-0.2, -0.15) is 0 Å². The third kappa shape index (κ3) is 5.31. The van der Waals surface area contributed by atoms with Crippen LogP contribution >= 0.6 is 23.4 Å². The minimum Gasteiger partial charge on any atom is -0.325 e. The highest BCUT2D eigenvalue weighted by Crippen LogP contribution is 2.25. The molecule has 0 atom stereocenters. The van der Waals surface area contributed by atoms with Crippen molar-refractivity contribution >= 4 is 35.0 Å². The molecule has 4 rings (SSSR count). The Hall–Kier alpha value is -3.16. The van der Waals surface area contributed by atoms with Crippen LogP contribution in [0.5, 0.6) is 0 Å². The van der Waals surface area contributed by atoms with Crippen molar-refractivity contribution in [1.29, 1.82) is 0 Å². The summed E-state index contributed by atoms with van der Waals surface area (Å²) >= 11 is 7.39. The fraction of sp³-hybridized carbons (Fsp3) is 0.130. The normalized spacial score (nSPS) is 10.8. The average molecular weight is 450 g/mol. The molecule has 0 aliphatic heterocycles. The summed E-state index contributed by atoms with van der Waals surface area (Å²) in [5.41, 5.74) is 3.65. The molecule has 1 N–H and O–H groups in total. The minimum atomic E-state index is -0.132. The zero-order chi connectivity index (χ0) is 21.6. The lowest BCUT2D eigenvalue weighted by Crippen LogP contribution is -2.15. The second kappa shape index (κ2) is 9.76. The lowest BCUT2D eigenvalue weighted by Gasteiger charge is -2.11. The molecule has 8 heteroatoms. The van der Waals surface area contributed by atoms with Gasteiger partial charge >= 0.3 is 0 Å². The van der Waals surface area contributed by atoms with E-state index in [-0.39, 0.29) is 11.7 Å². The number of hydrogen-bond donors (Lipinski definition) is 1. The topological polar surface area (TPSA) is 72.7 Å². The summed E-state index contributed by atoms with van der Waals surface area (Å²) in [5.74, 6) is 0.782. The molecule has 2 aromatic carbocycles. The van der Waals surface area contributed by atoms with E-state index in [1.54, 1.807) is 24.5 Å². The van der Waals surface area contributed by atoms with Gasteiger partial charge in [-0.3, -0.25) is 14.3 Å². The molecular weight excluding hydrogens is 430 g/mol. The van der Waals surface area contributed by atoms with Gasteiger partial charge in [0.05, 0.1) is 12.3 Å². The maximum absolute atomic E-state index is 12.6. The van der Waals surface area contributed by atoms with Gasteiger partial charge in [-0.15, -0.1) is 10.2 Å². The van der Waals surface area contributed by atoms with Gasteiger partial charge in [0.1, 0.15) is 0 Å². The van der Waals surface area contributed by atoms with E-state index in [0.29, 0.717) is 28.2 Å². The molecule has 0 aliphatic rings. The number of carbonyl (C=O) groups excluding carboxylic acids is 1. The van der Waals surface area contributed by atoms with E-state index in [2.05, 4.69) is 32.6 Å². The lowest BCUT2D eigenvalue weighted by molar-refractivity contribution is -0.113. The average Bonchev–Trinajstić information content (AvgIpc) is 3.18. The van der Waals surface area contributed by atoms with Crippen LogP contribution in [0.1, 0.15) is 11.1 Å². The molecule has 0 unspecified atom stereocenters. The molecule has 0 saturated carbocycles. The van der Waals surface area contributed by atoms with Crippen LogP contribution in [-0.4, -0.2) is 31.4 Å². The first-order valence-corrected chi connectivity index (χ1v) is 11.0. The number of rotatable bonds is 7. The Morgan fingerprint density at radius 3 is 2.71 bits per heavy atom. The Labute approximate surface area is 189 Å². The van der Waals surface area contributed by atoms with Crippen LogP contribution in [0.3, 0.4) is 0 Å². The smallest absolute Gasteiger partial charge is 0.234 e. The zero-order valence-electron chi connectivity index (χ0n) is 16.8. The molecule has 31 heavy (non-hydrogen) atoms. The Morgan fingerprint density at radius 2 is 1.94 bits per heavy atom. The summed E-state index contributed by atoms with van der Waals surface area (Å²) < 4.78 is 2.01. The monoisotopic (exact) mass is 449 g/mol. The maximum Gasteiger partial charge on any atom is 0.234 e. The van der Waals surface area contributed by atoms with Crippen molar-refractivity contribution in [3.05, 3.63) is 89.2 Å². The van der Waals surface area contributed by atoms with Crippen LogP contribution in [-0.2, 0) is 11.3 Å². The Kier molecular flexibility index (Phi) is 6.64. The first-order valence-electron chi connectivity index (χ1n) is 9.66. The van der Waals surface area contributed by atoms with Crippen LogP contribution in [0.15, 0.2) is 78.2 Å². The number of carbonyl (C=O) groups is 1. The van der Waals surface area contributed by atoms with Crippen molar-refractivity contribution < 1.29 is 4.79 Å². The third-order valence-electron chi connectivity index (χ3n) is 4.63. The van der Waals surface area contributed by atoms with Crippen LogP contribution in [0.25, 0.3) is 11.4 Å². The van der Waals surface area contributed by atoms with Crippen molar-refractivity contribution in [1.82, 2.24) is 19.7 Å². The van der Waals surface area contributed by atoms with E-state index in [9.17, 15) is 4.79 Å². The predicted octanol–water partition coefficient (Wildman–Crippen LogP) is 5.08. The number of amides is 1. The Balaban J connectivity index is 1.54. The second-order valence-electron chi connectivity index (χ2n) is 6.92. The number of nitrogens with one attached hydrogen (secondary N) is 1. The van der Waals surface area contributed by atoms with Crippen molar-refractivity contribution in [3.8, 4) is 11.4 Å². The number of anilines is 1. The molecule has 4 aromatic rings. The number of halogens is 1. The summed E-state index contributed by atoms with van der Waals surface area (Å²) in [6.45, 7) is 2.52. The van der Waals surface area contributed by atoms with Crippen molar-refractivity contribution in [3.63, 3.8) is 0 Å². The molecule has 0 fully saturated rings. The fourth-order valence-corrected chi connectivity index (χ4v) is 3.97. The fourth-order valence-electron chi connectivity index (χ4n) is 3.06. The SMILES string of the molecule is Cc1ccc(Cl)cc1NC(=O)CSc1nnc(-c2cccnc2)n1Cc1ccccc1. The maximum atomic E-state index is 12.6. The number of aromatic nitrogens is 4. The summed E-state index contributed by atoms with van der Waals surface area (Å²) in [7, 11) is 0. The molecule has 0 aliphatic carbocycles. The first kappa shape index (κ1) is 21.1. The van der Waals surface area contributed by atoms with Crippen LogP contribution in [0, 0.1) is 6.92 Å². The standard InChI is InChI=1S/C23H20ClN5OS/c1-16-9-10-19(24)12-20(16)26-21(30)15-31-23-28-27-22(18-8-5-11-25-13-18)29(23)14-17-6-3-2-4-7-17/h2-13H,14-15H2,1H3,(H,26,30). The second-order valence-corrected chi connectivity index (χ2v) is 8.29. The van der Waals surface area contributed by atoms with E-state index in [1.165, 1.54) is 11.8 Å². The lowest BCUT2D eigenvalue weighted by atomic mass is 10.2. The van der Waals surface area contributed by atoms with Gasteiger partial charge in [-0.1, -0.05) is 59.8 Å². The Morgan fingerprint density at radius 1 is 1.10 bits per heavy atom. The van der Waals surface area contributed by atoms with Gasteiger partial charge in [0.2, 0.25) is 5.91 Å². The number of thioether (sulfide) groups is 1. The zero-order valence-corrected chi connectivity index (χ0v) is 18.4. The van der Waals surface area contributed by atoms with Gasteiger partial charge in [0.25, 0.3) is 0 Å². The van der Waals surface area contributed by atoms with E-state index in [4.69, 9.17) is 11.6 Å². The Bertz CT molecular complexity index is 1180. The summed E-state index contributed by atoms with van der Waals surface area (Å²) in [6, 6.07) is 19.3. The highest BCUT2D eigenvalue weighted by Gasteiger charge is 2.16. The van der Waals surface area contributed by atoms with Crippen molar-refractivity contribution in [2.45, 2.75) is 18.6 Å². The van der Waals surface area contributed by atoms with Crippen LogP contribution < -0.4 is 5.32 Å². The molecule has 2 aromatic heterocycles. The predicted molar refractivity (Wildman–Crippen MR) is 124 cm³/mol. The molecule has 6 nitrogen and oxygen atoms in total.